The van der Waals surface area contributed by atoms with E-state index in [1.165, 1.54) is 16.5 Å². The zero-order valence-electron chi connectivity index (χ0n) is 20.9. The Balaban J connectivity index is 0.000000448. The van der Waals surface area contributed by atoms with Crippen LogP contribution in [-0.2, 0) is 11.2 Å². The number of pyridine rings is 1. The van der Waals surface area contributed by atoms with Crippen molar-refractivity contribution in [3.05, 3.63) is 87.6 Å². The van der Waals surface area contributed by atoms with Gasteiger partial charge in [-0.2, -0.15) is 13.2 Å². The molecule has 0 spiro atoms. The van der Waals surface area contributed by atoms with Crippen LogP contribution in [0.2, 0.25) is 0 Å². The summed E-state index contributed by atoms with van der Waals surface area (Å²) in [5.41, 5.74) is 5.11. The van der Waals surface area contributed by atoms with E-state index in [4.69, 9.17) is 22.1 Å². The number of hydrogen-bond donors (Lipinski definition) is 4. The van der Waals surface area contributed by atoms with Crippen molar-refractivity contribution in [1.29, 1.82) is 0 Å². The highest BCUT2D eigenvalue weighted by atomic mass is 32.1. The number of carbonyl (C=O) groups is 2. The fourth-order valence-electron chi connectivity index (χ4n) is 4.71. The number of carboxylic acids is 1. The van der Waals surface area contributed by atoms with Crippen LogP contribution in [0.1, 0.15) is 58.2 Å². The Bertz CT molecular complexity index is 1530. The molecule has 12 heteroatoms. The third-order valence-corrected chi connectivity index (χ3v) is 6.68. The monoisotopic (exact) mass is 557 g/mol. The first-order valence-corrected chi connectivity index (χ1v) is 12.6. The normalized spacial score (nSPS) is 16.9. The second kappa shape index (κ2) is 11.8. The van der Waals surface area contributed by atoms with Crippen LogP contribution >= 0.6 is 12.2 Å². The maximum Gasteiger partial charge on any atom is 0.490 e. The SMILES string of the molecule is Cc1cc(Cc2ccc(C(=O)NC3CCCC3c3nc(=S)[nH][nH]3)cc2)c2ccccc2n1.O=C(O)C(F)(F)F. The summed E-state index contributed by atoms with van der Waals surface area (Å²) in [6.07, 6.45) is -1.30. The second-order valence-corrected chi connectivity index (χ2v) is 9.67. The highest BCUT2D eigenvalue weighted by molar-refractivity contribution is 7.71. The Hall–Kier alpha value is -4.06. The lowest BCUT2D eigenvalue weighted by Gasteiger charge is -2.19. The number of aliphatic carboxylic acids is 1. The van der Waals surface area contributed by atoms with Crippen LogP contribution in [0.3, 0.4) is 0 Å². The molecule has 2 unspecified atom stereocenters. The lowest BCUT2D eigenvalue weighted by atomic mass is 9.99. The van der Waals surface area contributed by atoms with E-state index >= 15 is 0 Å². The molecule has 2 heterocycles. The van der Waals surface area contributed by atoms with Crippen molar-refractivity contribution >= 4 is 35.0 Å². The molecular formula is C27H26F3N5O3S. The van der Waals surface area contributed by atoms with Crippen molar-refractivity contribution in [2.75, 3.05) is 0 Å². The molecule has 1 amide bonds. The number of amides is 1. The van der Waals surface area contributed by atoms with Crippen molar-refractivity contribution in [3.8, 4) is 0 Å². The molecule has 1 aliphatic rings. The summed E-state index contributed by atoms with van der Waals surface area (Å²) in [7, 11) is 0. The molecule has 1 fully saturated rings. The van der Waals surface area contributed by atoms with Crippen LogP contribution < -0.4 is 5.32 Å². The first kappa shape index (κ1) is 28.0. The van der Waals surface area contributed by atoms with Crippen LogP contribution in [0.4, 0.5) is 13.2 Å². The maximum atomic E-state index is 12.9. The van der Waals surface area contributed by atoms with Crippen molar-refractivity contribution in [2.45, 2.75) is 50.7 Å². The molecule has 1 saturated carbocycles. The molecule has 0 saturated heterocycles. The smallest absolute Gasteiger partial charge is 0.475 e. The minimum atomic E-state index is -5.08. The van der Waals surface area contributed by atoms with Gasteiger partial charge in [-0.05, 0) is 73.8 Å². The van der Waals surface area contributed by atoms with Gasteiger partial charge >= 0.3 is 12.1 Å². The molecule has 2 atom stereocenters. The number of carboxylic acid groups (broad SMARTS) is 1. The van der Waals surface area contributed by atoms with E-state index in [1.807, 2.05) is 49.4 Å². The van der Waals surface area contributed by atoms with Gasteiger partial charge in [0.25, 0.3) is 5.91 Å². The number of benzene rings is 2. The molecule has 39 heavy (non-hydrogen) atoms. The van der Waals surface area contributed by atoms with Gasteiger partial charge in [0.2, 0.25) is 4.77 Å². The highest BCUT2D eigenvalue weighted by Crippen LogP contribution is 2.33. The van der Waals surface area contributed by atoms with Gasteiger partial charge < -0.3 is 10.4 Å². The van der Waals surface area contributed by atoms with Crippen LogP contribution in [0.25, 0.3) is 10.9 Å². The molecule has 2 aromatic carbocycles. The number of nitrogens with zero attached hydrogens (tertiary/aromatic N) is 2. The van der Waals surface area contributed by atoms with Crippen LogP contribution in [0.5, 0.6) is 0 Å². The number of rotatable bonds is 5. The quantitative estimate of drug-likeness (QED) is 0.236. The zero-order valence-corrected chi connectivity index (χ0v) is 21.7. The van der Waals surface area contributed by atoms with Crippen molar-refractivity contribution in [1.82, 2.24) is 25.5 Å². The highest BCUT2D eigenvalue weighted by Gasteiger charge is 2.38. The van der Waals surface area contributed by atoms with E-state index in [9.17, 15) is 18.0 Å². The minimum absolute atomic E-state index is 0.0483. The van der Waals surface area contributed by atoms with Gasteiger partial charge in [0.05, 0.1) is 5.52 Å². The summed E-state index contributed by atoms with van der Waals surface area (Å²) in [5, 5.41) is 17.4. The number of alkyl halides is 3. The molecule has 8 nitrogen and oxygen atoms in total. The van der Waals surface area contributed by atoms with Gasteiger partial charge in [0, 0.05) is 28.6 Å². The molecule has 0 aliphatic heterocycles. The lowest BCUT2D eigenvalue weighted by molar-refractivity contribution is -0.192. The maximum absolute atomic E-state index is 12.9. The molecule has 2 aromatic heterocycles. The van der Waals surface area contributed by atoms with Crippen LogP contribution in [-0.4, -0.2) is 49.4 Å². The van der Waals surface area contributed by atoms with E-state index in [0.717, 1.165) is 42.7 Å². The number of fused-ring (bicyclic) bond motifs is 1. The fraction of sp³-hybridized carbons (Fsp3) is 0.296. The molecule has 4 N–H and O–H groups in total. The molecule has 4 aromatic rings. The van der Waals surface area contributed by atoms with E-state index in [1.54, 1.807) is 0 Å². The standard InChI is InChI=1S/C25H25N5OS.C2HF3O2/c1-15-13-18(19-5-2-3-7-21(19)26-15)14-16-9-11-17(12-10-16)24(31)27-22-8-4-6-20(22)23-28-25(32)30-29-23;3-2(4,5)1(6)7/h2-3,5,7,9-13,20,22H,4,6,8,14H2,1H3,(H,27,31)(H2,28,29,30,32);(H,6,7). The first-order chi connectivity index (χ1) is 18.5. The van der Waals surface area contributed by atoms with E-state index in [-0.39, 0.29) is 17.9 Å². The Morgan fingerprint density at radius 1 is 1.08 bits per heavy atom. The first-order valence-electron chi connectivity index (χ1n) is 12.2. The van der Waals surface area contributed by atoms with Gasteiger partial charge in [-0.25, -0.2) is 9.78 Å². The molecule has 204 valence electrons. The van der Waals surface area contributed by atoms with Gasteiger partial charge in [-0.3, -0.25) is 20.0 Å². The molecule has 1 aliphatic carbocycles. The van der Waals surface area contributed by atoms with E-state index in [0.29, 0.717) is 10.3 Å². The van der Waals surface area contributed by atoms with E-state index < -0.39 is 12.1 Å². The van der Waals surface area contributed by atoms with Crippen LogP contribution in [0, 0.1) is 11.7 Å². The lowest BCUT2D eigenvalue weighted by Crippen LogP contribution is -2.36. The number of aromatic nitrogens is 4. The van der Waals surface area contributed by atoms with Crippen LogP contribution in [0.15, 0.2) is 54.6 Å². The summed E-state index contributed by atoms with van der Waals surface area (Å²) in [6, 6.07) is 18.3. The fourth-order valence-corrected chi connectivity index (χ4v) is 4.85. The predicted molar refractivity (Wildman–Crippen MR) is 141 cm³/mol. The van der Waals surface area contributed by atoms with Crippen molar-refractivity contribution in [3.63, 3.8) is 0 Å². The summed E-state index contributed by atoms with van der Waals surface area (Å²) in [5.74, 6) is -1.82. The Morgan fingerprint density at radius 3 is 2.41 bits per heavy atom. The second-order valence-electron chi connectivity index (χ2n) is 9.29. The van der Waals surface area contributed by atoms with Gasteiger partial charge in [0.1, 0.15) is 5.82 Å². The number of hydrogen-bond acceptors (Lipinski definition) is 5. The average molecular weight is 558 g/mol. The number of aromatic amines is 2. The minimum Gasteiger partial charge on any atom is -0.475 e. The Kier molecular flexibility index (Phi) is 8.44. The Labute approximate surface area is 226 Å². The Morgan fingerprint density at radius 2 is 1.77 bits per heavy atom. The molecule has 5 rings (SSSR count). The largest absolute Gasteiger partial charge is 0.490 e. The molecule has 0 bridgehead atoms. The topological polar surface area (TPSA) is 124 Å². The summed E-state index contributed by atoms with van der Waals surface area (Å²) < 4.78 is 32.2. The van der Waals surface area contributed by atoms with Gasteiger partial charge in [-0.1, -0.05) is 36.8 Å². The number of para-hydroxylation sites is 1. The average Bonchev–Trinajstić information content (AvgIpc) is 3.52. The molecule has 0 radical (unpaired) electrons. The van der Waals surface area contributed by atoms with Crippen molar-refractivity contribution < 1.29 is 27.9 Å². The van der Waals surface area contributed by atoms with Gasteiger partial charge in [0.15, 0.2) is 0 Å². The number of carbonyl (C=O) groups excluding carboxylic acids is 1. The van der Waals surface area contributed by atoms with Gasteiger partial charge in [-0.15, -0.1) is 0 Å². The number of nitrogens with one attached hydrogen (secondary N) is 3. The summed E-state index contributed by atoms with van der Waals surface area (Å²) in [4.78, 5) is 30.8. The van der Waals surface area contributed by atoms with Crippen molar-refractivity contribution in [2.24, 2.45) is 0 Å². The summed E-state index contributed by atoms with van der Waals surface area (Å²) in [6.45, 7) is 2.02. The predicted octanol–water partition coefficient (Wildman–Crippen LogP) is 5.61. The number of aryl methyl sites for hydroxylation is 1. The van der Waals surface area contributed by atoms with E-state index in [2.05, 4.69) is 37.6 Å². The third kappa shape index (κ3) is 7.08. The number of halogens is 3. The number of H-pyrrole nitrogens is 2. The molecular weight excluding hydrogens is 531 g/mol. The summed E-state index contributed by atoms with van der Waals surface area (Å²) >= 11 is 5.07. The third-order valence-electron chi connectivity index (χ3n) is 6.49. The zero-order chi connectivity index (χ0) is 28.2.